The molecule has 0 amide bonds. The Morgan fingerprint density at radius 1 is 1.30 bits per heavy atom. The molecule has 0 aliphatic carbocycles. The van der Waals surface area contributed by atoms with Gasteiger partial charge in [-0.25, -0.2) is 4.98 Å². The van der Waals surface area contributed by atoms with Crippen LogP contribution in [0, 0.1) is 0 Å². The third kappa shape index (κ3) is 4.11. The second-order valence-corrected chi connectivity index (χ2v) is 5.79. The van der Waals surface area contributed by atoms with E-state index in [9.17, 15) is 0 Å². The lowest BCUT2D eigenvalue weighted by Crippen LogP contribution is -2.04. The number of nitrogens with zero attached hydrogens (tertiary/aromatic N) is 2. The number of benzene rings is 1. The van der Waals surface area contributed by atoms with Crippen molar-refractivity contribution >= 4 is 33.6 Å². The summed E-state index contributed by atoms with van der Waals surface area (Å²) in [7, 11) is 0. The molecule has 2 aromatic rings. The molecule has 0 saturated heterocycles. The standard InChI is InChI=1S/C14H16BrN3OS/c1-3-8-16-14-17-9-12(15)13(18-14)19-10-4-6-11(20-2)7-5-10/h4-7,9H,3,8H2,1-2H3,(H,16,17,18). The van der Waals surface area contributed by atoms with Gasteiger partial charge in [-0.2, -0.15) is 4.98 Å². The number of rotatable bonds is 6. The SMILES string of the molecule is CCCNc1ncc(Br)c(Oc2ccc(SC)cc2)n1. The second-order valence-electron chi connectivity index (χ2n) is 4.05. The molecule has 6 heteroatoms. The lowest BCUT2D eigenvalue weighted by molar-refractivity contribution is 0.458. The Hall–Kier alpha value is -1.27. The summed E-state index contributed by atoms with van der Waals surface area (Å²) in [5, 5.41) is 3.14. The smallest absolute Gasteiger partial charge is 0.238 e. The van der Waals surface area contributed by atoms with E-state index in [-0.39, 0.29) is 0 Å². The fraction of sp³-hybridized carbons (Fsp3) is 0.286. The highest BCUT2D eigenvalue weighted by molar-refractivity contribution is 9.10. The summed E-state index contributed by atoms with van der Waals surface area (Å²) in [6.07, 6.45) is 4.75. The summed E-state index contributed by atoms with van der Waals surface area (Å²) in [5.41, 5.74) is 0. The molecule has 0 aliphatic heterocycles. The third-order valence-electron chi connectivity index (χ3n) is 2.52. The zero-order valence-corrected chi connectivity index (χ0v) is 13.8. The minimum absolute atomic E-state index is 0.510. The average molecular weight is 354 g/mol. The predicted octanol–water partition coefficient (Wildman–Crippen LogP) is 4.58. The van der Waals surface area contributed by atoms with Gasteiger partial charge in [0.25, 0.3) is 0 Å². The Bertz CT molecular complexity index is 563. The molecule has 0 spiro atoms. The van der Waals surface area contributed by atoms with Gasteiger partial charge in [0.1, 0.15) is 5.75 Å². The van der Waals surface area contributed by atoms with E-state index in [1.165, 1.54) is 4.90 Å². The molecular weight excluding hydrogens is 338 g/mol. The van der Waals surface area contributed by atoms with Crippen LogP contribution < -0.4 is 10.1 Å². The molecule has 20 heavy (non-hydrogen) atoms. The van der Waals surface area contributed by atoms with Crippen molar-refractivity contribution in [1.29, 1.82) is 0 Å². The van der Waals surface area contributed by atoms with Gasteiger partial charge in [-0.15, -0.1) is 11.8 Å². The van der Waals surface area contributed by atoms with Crippen molar-refractivity contribution < 1.29 is 4.74 Å². The largest absolute Gasteiger partial charge is 0.438 e. The second kappa shape index (κ2) is 7.50. The van der Waals surface area contributed by atoms with Crippen LogP contribution in [-0.2, 0) is 0 Å². The van der Waals surface area contributed by atoms with Gasteiger partial charge < -0.3 is 10.1 Å². The summed E-state index contributed by atoms with van der Waals surface area (Å²) in [6.45, 7) is 2.93. The van der Waals surface area contributed by atoms with Gasteiger partial charge in [0.15, 0.2) is 0 Å². The number of ether oxygens (including phenoxy) is 1. The fourth-order valence-electron chi connectivity index (χ4n) is 1.50. The zero-order chi connectivity index (χ0) is 14.4. The minimum atomic E-state index is 0.510. The number of aromatic nitrogens is 2. The maximum atomic E-state index is 5.78. The maximum absolute atomic E-state index is 5.78. The summed E-state index contributed by atoms with van der Waals surface area (Å²) in [5.74, 6) is 1.84. The van der Waals surface area contributed by atoms with Crippen LogP contribution >= 0.6 is 27.7 Å². The van der Waals surface area contributed by atoms with Crippen molar-refractivity contribution in [2.75, 3.05) is 18.1 Å². The molecule has 2 rings (SSSR count). The summed E-state index contributed by atoms with van der Waals surface area (Å²) >= 11 is 5.10. The van der Waals surface area contributed by atoms with E-state index in [0.29, 0.717) is 11.8 Å². The number of hydrogen-bond acceptors (Lipinski definition) is 5. The monoisotopic (exact) mass is 353 g/mol. The zero-order valence-electron chi connectivity index (χ0n) is 11.4. The van der Waals surface area contributed by atoms with E-state index < -0.39 is 0 Å². The maximum Gasteiger partial charge on any atom is 0.238 e. The normalized spacial score (nSPS) is 10.3. The Morgan fingerprint density at radius 3 is 2.70 bits per heavy atom. The van der Waals surface area contributed by atoms with Crippen LogP contribution in [0.2, 0.25) is 0 Å². The molecular formula is C14H16BrN3OS. The highest BCUT2D eigenvalue weighted by atomic mass is 79.9. The molecule has 1 heterocycles. The Kier molecular flexibility index (Phi) is 5.67. The van der Waals surface area contributed by atoms with E-state index in [2.05, 4.69) is 38.1 Å². The van der Waals surface area contributed by atoms with Gasteiger partial charge in [-0.05, 0) is 52.9 Å². The van der Waals surface area contributed by atoms with E-state index >= 15 is 0 Å². The lowest BCUT2D eigenvalue weighted by Gasteiger charge is -2.09. The Morgan fingerprint density at radius 2 is 2.05 bits per heavy atom. The van der Waals surface area contributed by atoms with Crippen molar-refractivity contribution in [1.82, 2.24) is 9.97 Å². The molecule has 0 saturated carbocycles. The molecule has 1 aromatic carbocycles. The first kappa shape index (κ1) is 15.1. The number of anilines is 1. The van der Waals surface area contributed by atoms with Crippen LogP contribution in [0.1, 0.15) is 13.3 Å². The highest BCUT2D eigenvalue weighted by Crippen LogP contribution is 2.29. The van der Waals surface area contributed by atoms with E-state index in [0.717, 1.165) is 23.2 Å². The average Bonchev–Trinajstić information content (AvgIpc) is 2.49. The molecule has 0 bridgehead atoms. The predicted molar refractivity (Wildman–Crippen MR) is 86.8 cm³/mol. The molecule has 0 unspecified atom stereocenters. The molecule has 0 aliphatic rings. The molecule has 0 radical (unpaired) electrons. The topological polar surface area (TPSA) is 47.0 Å². The first-order chi connectivity index (χ1) is 9.72. The summed E-state index contributed by atoms with van der Waals surface area (Å²) < 4.78 is 6.51. The van der Waals surface area contributed by atoms with E-state index in [1.807, 2.05) is 30.5 Å². The number of halogens is 1. The molecule has 0 atom stereocenters. The van der Waals surface area contributed by atoms with E-state index in [4.69, 9.17) is 4.74 Å². The lowest BCUT2D eigenvalue weighted by atomic mass is 10.3. The number of thioether (sulfide) groups is 1. The van der Waals surface area contributed by atoms with E-state index in [1.54, 1.807) is 18.0 Å². The first-order valence-corrected chi connectivity index (χ1v) is 8.33. The molecule has 106 valence electrons. The molecule has 0 fully saturated rings. The number of hydrogen-bond donors (Lipinski definition) is 1. The van der Waals surface area contributed by atoms with Gasteiger partial charge in [-0.3, -0.25) is 0 Å². The van der Waals surface area contributed by atoms with Crippen LogP contribution in [0.3, 0.4) is 0 Å². The van der Waals surface area contributed by atoms with Crippen LogP contribution in [0.5, 0.6) is 11.6 Å². The molecule has 1 N–H and O–H groups in total. The van der Waals surface area contributed by atoms with Gasteiger partial charge in [0, 0.05) is 11.4 Å². The van der Waals surface area contributed by atoms with Crippen LogP contribution in [-0.4, -0.2) is 22.8 Å². The highest BCUT2D eigenvalue weighted by Gasteiger charge is 2.07. The van der Waals surface area contributed by atoms with Crippen molar-refractivity contribution in [3.05, 3.63) is 34.9 Å². The fourth-order valence-corrected chi connectivity index (χ4v) is 2.18. The van der Waals surface area contributed by atoms with Gasteiger partial charge in [0.2, 0.25) is 11.8 Å². The van der Waals surface area contributed by atoms with Gasteiger partial charge in [-0.1, -0.05) is 6.92 Å². The third-order valence-corrected chi connectivity index (χ3v) is 3.81. The molecule has 4 nitrogen and oxygen atoms in total. The quantitative estimate of drug-likeness (QED) is 0.770. The molecule has 1 aromatic heterocycles. The summed E-state index contributed by atoms with van der Waals surface area (Å²) in [4.78, 5) is 9.74. The number of nitrogens with one attached hydrogen (secondary N) is 1. The Labute approximate surface area is 131 Å². The van der Waals surface area contributed by atoms with Crippen LogP contribution in [0.4, 0.5) is 5.95 Å². The van der Waals surface area contributed by atoms with Crippen molar-refractivity contribution in [2.24, 2.45) is 0 Å². The van der Waals surface area contributed by atoms with Crippen LogP contribution in [0.15, 0.2) is 39.8 Å². The van der Waals surface area contributed by atoms with Crippen molar-refractivity contribution in [3.63, 3.8) is 0 Å². The van der Waals surface area contributed by atoms with Crippen molar-refractivity contribution in [3.8, 4) is 11.6 Å². The summed E-state index contributed by atoms with van der Waals surface area (Å²) in [6, 6.07) is 7.90. The van der Waals surface area contributed by atoms with Crippen molar-refractivity contribution in [2.45, 2.75) is 18.2 Å². The van der Waals surface area contributed by atoms with Gasteiger partial charge >= 0.3 is 0 Å². The first-order valence-electron chi connectivity index (χ1n) is 6.31. The van der Waals surface area contributed by atoms with Crippen LogP contribution in [0.25, 0.3) is 0 Å². The Balaban J connectivity index is 2.14. The minimum Gasteiger partial charge on any atom is -0.438 e. The van der Waals surface area contributed by atoms with Gasteiger partial charge in [0.05, 0.1) is 10.7 Å².